The van der Waals surface area contributed by atoms with Crippen molar-refractivity contribution in [3.05, 3.63) is 41.7 Å². The van der Waals surface area contributed by atoms with Crippen LogP contribution in [0.2, 0.25) is 0 Å². The molecular formula is C13H16N4O4. The number of H-pyrrole nitrogens is 2. The molecule has 0 amide bonds. The minimum atomic E-state index is -0.757. The summed E-state index contributed by atoms with van der Waals surface area (Å²) in [4.78, 5) is 51.9. The first-order chi connectivity index (χ1) is 9.99. The van der Waals surface area contributed by atoms with Crippen LogP contribution in [0.3, 0.4) is 0 Å². The van der Waals surface area contributed by atoms with Gasteiger partial charge in [-0.1, -0.05) is 12.8 Å². The van der Waals surface area contributed by atoms with Crippen LogP contribution in [0.25, 0.3) is 11.0 Å². The van der Waals surface area contributed by atoms with Crippen LogP contribution in [0, 0.1) is 5.92 Å². The highest BCUT2D eigenvalue weighted by Gasteiger charge is 2.21. The molecule has 1 saturated carbocycles. The summed E-state index contributed by atoms with van der Waals surface area (Å²) in [5, 5.41) is 0. The molecule has 21 heavy (non-hydrogen) atoms. The van der Waals surface area contributed by atoms with Gasteiger partial charge in [0.15, 0.2) is 0 Å². The smallest absolute Gasteiger partial charge is 0.301 e. The molecule has 0 radical (unpaired) electrons. The molecular weight excluding hydrogens is 276 g/mol. The Kier molecular flexibility index (Phi) is 3.15. The number of aromatic amines is 2. The quantitative estimate of drug-likeness (QED) is 0.773. The van der Waals surface area contributed by atoms with Crippen molar-refractivity contribution in [3.8, 4) is 0 Å². The third-order valence-corrected chi connectivity index (χ3v) is 3.91. The van der Waals surface area contributed by atoms with E-state index in [0.717, 1.165) is 23.3 Å². The molecule has 0 aromatic carbocycles. The zero-order valence-electron chi connectivity index (χ0n) is 11.6. The van der Waals surface area contributed by atoms with Gasteiger partial charge in [0.1, 0.15) is 11.0 Å². The molecule has 8 heteroatoms. The third kappa shape index (κ3) is 2.37. The molecule has 1 aliphatic carbocycles. The molecule has 2 N–H and O–H groups in total. The van der Waals surface area contributed by atoms with Gasteiger partial charge in [0.25, 0.3) is 11.1 Å². The number of nitrogens with zero attached hydrogens (tertiary/aromatic N) is 2. The van der Waals surface area contributed by atoms with Gasteiger partial charge in [0, 0.05) is 13.6 Å². The van der Waals surface area contributed by atoms with Gasteiger partial charge in [-0.3, -0.25) is 23.7 Å². The molecule has 8 nitrogen and oxygen atoms in total. The average molecular weight is 292 g/mol. The van der Waals surface area contributed by atoms with Crippen LogP contribution < -0.4 is 22.5 Å². The summed E-state index contributed by atoms with van der Waals surface area (Å²) in [6, 6.07) is 0. The predicted molar refractivity (Wildman–Crippen MR) is 76.6 cm³/mol. The van der Waals surface area contributed by atoms with Crippen molar-refractivity contribution >= 4 is 11.0 Å². The van der Waals surface area contributed by atoms with Crippen LogP contribution in [0.5, 0.6) is 0 Å². The van der Waals surface area contributed by atoms with Gasteiger partial charge < -0.3 is 4.98 Å². The molecule has 2 heterocycles. The molecule has 2 aromatic heterocycles. The SMILES string of the molecule is Cn1c(=O)c2[nH]c(=O)[nH]c(=O)c2n(CCCC2CC2)c1=O. The van der Waals surface area contributed by atoms with Crippen LogP contribution in [-0.4, -0.2) is 19.1 Å². The van der Waals surface area contributed by atoms with E-state index in [1.165, 1.54) is 24.5 Å². The van der Waals surface area contributed by atoms with Gasteiger partial charge in [-0.25, -0.2) is 9.59 Å². The van der Waals surface area contributed by atoms with Crippen LogP contribution in [0.4, 0.5) is 0 Å². The maximum atomic E-state index is 12.2. The first kappa shape index (κ1) is 13.6. The van der Waals surface area contributed by atoms with Crippen LogP contribution in [0.1, 0.15) is 25.7 Å². The average Bonchev–Trinajstić information content (AvgIpc) is 3.24. The lowest BCUT2D eigenvalue weighted by atomic mass is 10.2. The van der Waals surface area contributed by atoms with Crippen LogP contribution in [-0.2, 0) is 13.6 Å². The van der Waals surface area contributed by atoms with E-state index in [-0.39, 0.29) is 11.0 Å². The second-order valence-electron chi connectivity index (χ2n) is 5.52. The minimum Gasteiger partial charge on any atom is -0.301 e. The first-order valence-electron chi connectivity index (χ1n) is 6.95. The highest BCUT2D eigenvalue weighted by Crippen LogP contribution is 2.33. The fraction of sp³-hybridized carbons (Fsp3) is 0.538. The Morgan fingerprint density at radius 3 is 2.52 bits per heavy atom. The Morgan fingerprint density at radius 1 is 1.14 bits per heavy atom. The third-order valence-electron chi connectivity index (χ3n) is 3.91. The summed E-state index contributed by atoms with van der Waals surface area (Å²) in [6.45, 7) is 0.356. The van der Waals surface area contributed by atoms with E-state index in [1.807, 2.05) is 0 Å². The fourth-order valence-electron chi connectivity index (χ4n) is 2.58. The second-order valence-corrected chi connectivity index (χ2v) is 5.52. The van der Waals surface area contributed by atoms with Crippen LogP contribution >= 0.6 is 0 Å². The zero-order chi connectivity index (χ0) is 15.1. The largest absolute Gasteiger partial charge is 0.331 e. The van der Waals surface area contributed by atoms with E-state index in [0.29, 0.717) is 6.54 Å². The molecule has 0 aliphatic heterocycles. The molecule has 0 spiro atoms. The molecule has 0 unspecified atom stereocenters. The van der Waals surface area contributed by atoms with Gasteiger partial charge in [0.2, 0.25) is 0 Å². The van der Waals surface area contributed by atoms with Crippen molar-refractivity contribution in [1.29, 1.82) is 0 Å². The highest BCUT2D eigenvalue weighted by atomic mass is 16.2. The number of rotatable bonds is 4. The molecule has 1 fully saturated rings. The summed E-state index contributed by atoms with van der Waals surface area (Å²) in [5.41, 5.74) is -2.86. The Balaban J connectivity index is 2.20. The monoisotopic (exact) mass is 292 g/mol. The lowest BCUT2D eigenvalue weighted by molar-refractivity contribution is 0.550. The number of hydrogen-bond acceptors (Lipinski definition) is 4. The van der Waals surface area contributed by atoms with Crippen molar-refractivity contribution in [3.63, 3.8) is 0 Å². The summed E-state index contributed by atoms with van der Waals surface area (Å²) < 4.78 is 2.18. The normalized spacial score (nSPS) is 14.7. The molecule has 2 aromatic rings. The topological polar surface area (TPSA) is 110 Å². The van der Waals surface area contributed by atoms with E-state index in [9.17, 15) is 19.2 Å². The van der Waals surface area contributed by atoms with E-state index in [4.69, 9.17) is 0 Å². The zero-order valence-corrected chi connectivity index (χ0v) is 11.6. The van der Waals surface area contributed by atoms with E-state index in [1.54, 1.807) is 0 Å². The van der Waals surface area contributed by atoms with Crippen LogP contribution in [0.15, 0.2) is 19.2 Å². The molecule has 0 atom stereocenters. The molecule has 0 bridgehead atoms. The lowest BCUT2D eigenvalue weighted by Gasteiger charge is -2.10. The Morgan fingerprint density at radius 2 is 1.86 bits per heavy atom. The lowest BCUT2D eigenvalue weighted by Crippen LogP contribution is -2.42. The number of nitrogens with one attached hydrogen (secondary N) is 2. The van der Waals surface area contributed by atoms with Gasteiger partial charge in [0.05, 0.1) is 0 Å². The van der Waals surface area contributed by atoms with E-state index < -0.39 is 22.5 Å². The highest BCUT2D eigenvalue weighted by molar-refractivity contribution is 5.71. The number of aryl methyl sites for hydroxylation is 1. The Hall–Kier alpha value is -2.38. The second kappa shape index (κ2) is 4.87. The molecule has 0 saturated heterocycles. The van der Waals surface area contributed by atoms with Crippen molar-refractivity contribution in [2.75, 3.05) is 0 Å². The Labute approximate surface area is 118 Å². The molecule has 3 rings (SSSR count). The number of aromatic nitrogens is 4. The van der Waals surface area contributed by atoms with E-state index >= 15 is 0 Å². The first-order valence-corrected chi connectivity index (χ1v) is 6.95. The summed E-state index contributed by atoms with van der Waals surface area (Å²) >= 11 is 0. The number of fused-ring (bicyclic) bond motifs is 1. The summed E-state index contributed by atoms with van der Waals surface area (Å²) in [7, 11) is 1.33. The van der Waals surface area contributed by atoms with Crippen molar-refractivity contribution in [2.45, 2.75) is 32.2 Å². The predicted octanol–water partition coefficient (Wildman–Crippen LogP) is -0.733. The van der Waals surface area contributed by atoms with Crippen molar-refractivity contribution in [1.82, 2.24) is 19.1 Å². The maximum Gasteiger partial charge on any atom is 0.331 e. The van der Waals surface area contributed by atoms with Crippen molar-refractivity contribution in [2.24, 2.45) is 13.0 Å². The van der Waals surface area contributed by atoms with E-state index in [2.05, 4.69) is 9.97 Å². The summed E-state index contributed by atoms with van der Waals surface area (Å²) in [5.74, 6) is 0.720. The van der Waals surface area contributed by atoms with Gasteiger partial charge in [-0.05, 0) is 18.8 Å². The van der Waals surface area contributed by atoms with Crippen molar-refractivity contribution < 1.29 is 0 Å². The molecule has 112 valence electrons. The minimum absolute atomic E-state index is 0.0569. The molecule has 1 aliphatic rings. The van der Waals surface area contributed by atoms with Gasteiger partial charge in [-0.2, -0.15) is 0 Å². The fourth-order valence-corrected chi connectivity index (χ4v) is 2.58. The standard InChI is InChI=1S/C13H16N4O4/c1-16-11(19)8-9(10(18)15-12(20)14-8)17(13(16)21)6-2-3-7-4-5-7/h7H,2-6H2,1H3,(H2,14,15,18,20). The summed E-state index contributed by atoms with van der Waals surface area (Å²) in [6.07, 6.45) is 4.20. The van der Waals surface area contributed by atoms with Gasteiger partial charge >= 0.3 is 11.4 Å². The Bertz CT molecular complexity index is 926. The van der Waals surface area contributed by atoms with Gasteiger partial charge in [-0.15, -0.1) is 0 Å². The number of hydrogen-bond donors (Lipinski definition) is 2. The maximum absolute atomic E-state index is 12.2.